The van der Waals surface area contributed by atoms with Gasteiger partial charge in [-0.15, -0.1) is 0 Å². The van der Waals surface area contributed by atoms with Crippen molar-refractivity contribution in [2.75, 3.05) is 4.90 Å². The van der Waals surface area contributed by atoms with E-state index in [-0.39, 0.29) is 0 Å². The molecule has 4 aromatic carbocycles. The molecule has 1 aliphatic rings. The number of rotatable bonds is 1. The van der Waals surface area contributed by atoms with Crippen LogP contribution < -0.4 is 4.90 Å². The fourth-order valence-corrected chi connectivity index (χ4v) is 4.20. The minimum atomic E-state index is 1.25. The fraction of sp³-hybridized carbons (Fsp3) is 0.120. The maximum Gasteiger partial charge on any atom is 0.0546 e. The molecule has 0 atom stereocenters. The van der Waals surface area contributed by atoms with Crippen LogP contribution in [0.15, 0.2) is 72.8 Å². The van der Waals surface area contributed by atoms with Crippen LogP contribution in [0, 0.1) is 20.8 Å². The van der Waals surface area contributed by atoms with Crippen LogP contribution >= 0.6 is 0 Å². The summed E-state index contributed by atoms with van der Waals surface area (Å²) >= 11 is 0. The summed E-state index contributed by atoms with van der Waals surface area (Å²) in [5, 5.41) is 2.63. The second-order valence-corrected chi connectivity index (χ2v) is 7.26. The first kappa shape index (κ1) is 15.2. The first-order chi connectivity index (χ1) is 12.6. The van der Waals surface area contributed by atoms with E-state index in [4.69, 9.17) is 0 Å². The summed E-state index contributed by atoms with van der Waals surface area (Å²) in [5.74, 6) is 0. The average Bonchev–Trinajstić information content (AvgIpc) is 2.66. The van der Waals surface area contributed by atoms with E-state index in [1.807, 2.05) is 0 Å². The van der Waals surface area contributed by atoms with E-state index in [0.717, 1.165) is 0 Å². The molecule has 0 spiro atoms. The Kier molecular flexibility index (Phi) is 3.20. The number of para-hydroxylation sites is 1. The Labute approximate surface area is 154 Å². The summed E-state index contributed by atoms with van der Waals surface area (Å²) in [4.78, 5) is 2.44. The van der Waals surface area contributed by atoms with Crippen molar-refractivity contribution in [2.45, 2.75) is 20.8 Å². The Hall–Kier alpha value is -3.06. The van der Waals surface area contributed by atoms with Gasteiger partial charge in [0.15, 0.2) is 0 Å². The summed E-state index contributed by atoms with van der Waals surface area (Å²) in [6.45, 7) is 6.60. The summed E-state index contributed by atoms with van der Waals surface area (Å²) in [5.41, 5.74) is 10.4. The Balaban J connectivity index is 1.92. The van der Waals surface area contributed by atoms with E-state index >= 15 is 0 Å². The van der Waals surface area contributed by atoms with Crippen LogP contribution in [0.25, 0.3) is 21.9 Å². The summed E-state index contributed by atoms with van der Waals surface area (Å²) in [6, 6.07) is 26.6. The number of hydrogen-bond acceptors (Lipinski definition) is 1. The smallest absolute Gasteiger partial charge is 0.0546 e. The third-order valence-electron chi connectivity index (χ3n) is 5.61. The van der Waals surface area contributed by atoms with Crippen molar-refractivity contribution < 1.29 is 0 Å². The molecule has 1 heteroatoms. The van der Waals surface area contributed by atoms with E-state index in [2.05, 4.69) is 98.5 Å². The first-order valence-electron chi connectivity index (χ1n) is 9.14. The van der Waals surface area contributed by atoms with Gasteiger partial charge in [-0.05, 0) is 66.6 Å². The van der Waals surface area contributed by atoms with Gasteiger partial charge in [-0.25, -0.2) is 0 Å². The lowest BCUT2D eigenvalue weighted by molar-refractivity contribution is 1.21. The predicted molar refractivity (Wildman–Crippen MR) is 112 cm³/mol. The minimum absolute atomic E-state index is 1.25. The van der Waals surface area contributed by atoms with Crippen molar-refractivity contribution in [3.63, 3.8) is 0 Å². The van der Waals surface area contributed by atoms with Gasteiger partial charge in [0, 0.05) is 16.6 Å². The molecular weight excluding hydrogens is 314 g/mol. The van der Waals surface area contributed by atoms with Gasteiger partial charge in [0.2, 0.25) is 0 Å². The molecule has 0 bridgehead atoms. The zero-order chi connectivity index (χ0) is 17.8. The topological polar surface area (TPSA) is 3.24 Å². The SMILES string of the molecule is Cc1cc(C)c(N2c3ccccc3-c3cccc4cccc2c34)cc1C. The molecule has 5 rings (SSSR count). The third kappa shape index (κ3) is 2.04. The zero-order valence-corrected chi connectivity index (χ0v) is 15.4. The van der Waals surface area contributed by atoms with Crippen LogP contribution in [-0.4, -0.2) is 0 Å². The number of anilines is 3. The first-order valence-corrected chi connectivity index (χ1v) is 9.14. The number of nitrogens with zero attached hydrogens (tertiary/aromatic N) is 1. The van der Waals surface area contributed by atoms with Crippen LogP contribution in [0.2, 0.25) is 0 Å². The van der Waals surface area contributed by atoms with Crippen molar-refractivity contribution in [2.24, 2.45) is 0 Å². The fourth-order valence-electron chi connectivity index (χ4n) is 4.20. The van der Waals surface area contributed by atoms with Gasteiger partial charge in [0.1, 0.15) is 0 Å². The van der Waals surface area contributed by atoms with Gasteiger partial charge in [0.05, 0.1) is 11.4 Å². The summed E-state index contributed by atoms with van der Waals surface area (Å²) < 4.78 is 0. The average molecular weight is 335 g/mol. The van der Waals surface area contributed by atoms with Crippen LogP contribution in [0.3, 0.4) is 0 Å². The highest BCUT2D eigenvalue weighted by Gasteiger charge is 2.26. The highest BCUT2D eigenvalue weighted by molar-refractivity contribution is 6.13. The highest BCUT2D eigenvalue weighted by Crippen LogP contribution is 2.51. The molecule has 0 aromatic heterocycles. The van der Waals surface area contributed by atoms with E-state index < -0.39 is 0 Å². The van der Waals surface area contributed by atoms with Crippen molar-refractivity contribution in [1.82, 2.24) is 0 Å². The summed E-state index contributed by atoms with van der Waals surface area (Å²) in [6.07, 6.45) is 0. The molecule has 126 valence electrons. The van der Waals surface area contributed by atoms with Crippen LogP contribution in [0.4, 0.5) is 17.1 Å². The number of aryl methyl sites for hydroxylation is 3. The summed E-state index contributed by atoms with van der Waals surface area (Å²) in [7, 11) is 0. The van der Waals surface area contributed by atoms with E-state index in [1.165, 1.54) is 55.7 Å². The number of fused-ring (bicyclic) bond motifs is 2. The van der Waals surface area contributed by atoms with Gasteiger partial charge in [-0.2, -0.15) is 0 Å². The molecular formula is C25H21N. The normalized spacial score (nSPS) is 12.3. The Morgan fingerprint density at radius 2 is 1.19 bits per heavy atom. The van der Waals surface area contributed by atoms with E-state index in [0.29, 0.717) is 0 Å². The number of hydrogen-bond donors (Lipinski definition) is 0. The van der Waals surface area contributed by atoms with Crippen LogP contribution in [0.5, 0.6) is 0 Å². The molecule has 1 nitrogen and oxygen atoms in total. The quantitative estimate of drug-likeness (QED) is 0.313. The zero-order valence-electron chi connectivity index (χ0n) is 15.4. The predicted octanol–water partition coefficient (Wildman–Crippen LogP) is 7.22. The van der Waals surface area contributed by atoms with E-state index in [1.54, 1.807) is 0 Å². The molecule has 0 N–H and O–H groups in total. The van der Waals surface area contributed by atoms with Crippen molar-refractivity contribution in [1.29, 1.82) is 0 Å². The Morgan fingerprint density at radius 3 is 2.04 bits per heavy atom. The van der Waals surface area contributed by atoms with Gasteiger partial charge in [-0.1, -0.05) is 54.6 Å². The highest BCUT2D eigenvalue weighted by atomic mass is 15.2. The molecule has 0 unspecified atom stereocenters. The van der Waals surface area contributed by atoms with Gasteiger partial charge in [0.25, 0.3) is 0 Å². The third-order valence-corrected chi connectivity index (χ3v) is 5.61. The largest absolute Gasteiger partial charge is 0.309 e. The molecule has 4 aromatic rings. The molecule has 0 saturated heterocycles. The van der Waals surface area contributed by atoms with Crippen molar-refractivity contribution >= 4 is 27.8 Å². The van der Waals surface area contributed by atoms with Gasteiger partial charge in [-0.3, -0.25) is 0 Å². The Morgan fingerprint density at radius 1 is 0.538 bits per heavy atom. The molecule has 0 fully saturated rings. The molecule has 0 radical (unpaired) electrons. The Bertz CT molecular complexity index is 1160. The molecule has 1 heterocycles. The van der Waals surface area contributed by atoms with Crippen molar-refractivity contribution in [3.8, 4) is 11.1 Å². The van der Waals surface area contributed by atoms with E-state index in [9.17, 15) is 0 Å². The van der Waals surface area contributed by atoms with Crippen LogP contribution in [0.1, 0.15) is 16.7 Å². The maximum atomic E-state index is 2.44. The molecule has 1 aliphatic heterocycles. The van der Waals surface area contributed by atoms with Crippen LogP contribution in [-0.2, 0) is 0 Å². The second kappa shape index (κ2) is 5.47. The monoisotopic (exact) mass is 335 g/mol. The lowest BCUT2D eigenvalue weighted by Gasteiger charge is -2.34. The van der Waals surface area contributed by atoms with Gasteiger partial charge < -0.3 is 4.90 Å². The molecule has 0 amide bonds. The second-order valence-electron chi connectivity index (χ2n) is 7.26. The minimum Gasteiger partial charge on any atom is -0.309 e. The van der Waals surface area contributed by atoms with Crippen molar-refractivity contribution in [3.05, 3.63) is 89.5 Å². The lowest BCUT2D eigenvalue weighted by atomic mass is 9.90. The molecule has 0 aliphatic carbocycles. The molecule has 26 heavy (non-hydrogen) atoms. The standard InChI is InChI=1S/C25H21N/c1-16-14-18(3)24(15-17(16)2)26-22-12-5-4-10-20(22)21-11-6-8-19-9-7-13-23(26)25(19)21/h4-15H,1-3H3. The lowest BCUT2D eigenvalue weighted by Crippen LogP contribution is -2.16. The number of benzene rings is 4. The maximum absolute atomic E-state index is 2.44. The molecule has 0 saturated carbocycles. The van der Waals surface area contributed by atoms with Gasteiger partial charge >= 0.3 is 0 Å².